The van der Waals surface area contributed by atoms with Gasteiger partial charge in [-0.1, -0.05) is 31.2 Å². The molecular formula is C19H20N6O2. The van der Waals surface area contributed by atoms with Gasteiger partial charge in [0.05, 0.1) is 0 Å². The number of nitrogens with one attached hydrogen (secondary N) is 2. The second-order valence-electron chi connectivity index (χ2n) is 6.00. The van der Waals surface area contributed by atoms with E-state index >= 15 is 0 Å². The van der Waals surface area contributed by atoms with Gasteiger partial charge in [0.2, 0.25) is 17.6 Å². The number of amides is 2. The lowest BCUT2D eigenvalue weighted by Crippen LogP contribution is -2.20. The van der Waals surface area contributed by atoms with Crippen molar-refractivity contribution in [2.75, 3.05) is 10.6 Å². The molecule has 27 heavy (non-hydrogen) atoms. The Kier molecular flexibility index (Phi) is 5.55. The Balaban J connectivity index is 1.59. The largest absolute Gasteiger partial charge is 0.326 e. The maximum Gasteiger partial charge on any atom is 0.248 e. The SMILES string of the molecule is CCc1ccc(-c2nnn(CC(=O)Nc3ccc(NC(C)=O)cc3)n2)cc1. The fourth-order valence-corrected chi connectivity index (χ4v) is 2.48. The van der Waals surface area contributed by atoms with E-state index in [0.717, 1.165) is 12.0 Å². The molecule has 0 saturated heterocycles. The maximum absolute atomic E-state index is 12.2. The predicted octanol–water partition coefficient (Wildman–Crippen LogP) is 2.50. The van der Waals surface area contributed by atoms with Crippen LogP contribution in [0.25, 0.3) is 11.4 Å². The molecule has 1 heterocycles. The van der Waals surface area contributed by atoms with Crippen molar-refractivity contribution >= 4 is 23.2 Å². The quantitative estimate of drug-likeness (QED) is 0.700. The van der Waals surface area contributed by atoms with E-state index in [2.05, 4.69) is 33.0 Å². The number of rotatable bonds is 6. The normalized spacial score (nSPS) is 10.4. The molecule has 8 nitrogen and oxygen atoms in total. The number of carbonyl (C=O) groups is 2. The fraction of sp³-hybridized carbons (Fsp3) is 0.211. The molecule has 2 aromatic carbocycles. The molecule has 0 fully saturated rings. The molecule has 0 aliphatic rings. The Bertz CT molecular complexity index is 932. The van der Waals surface area contributed by atoms with Crippen LogP contribution in [0.2, 0.25) is 0 Å². The summed E-state index contributed by atoms with van der Waals surface area (Å²) in [6, 6.07) is 14.8. The molecular weight excluding hydrogens is 344 g/mol. The zero-order valence-electron chi connectivity index (χ0n) is 15.1. The Morgan fingerprint density at radius 2 is 1.59 bits per heavy atom. The number of tetrazole rings is 1. The van der Waals surface area contributed by atoms with Crippen LogP contribution in [0.4, 0.5) is 11.4 Å². The molecule has 0 bridgehead atoms. The van der Waals surface area contributed by atoms with Crippen molar-refractivity contribution in [3.05, 3.63) is 54.1 Å². The molecule has 0 atom stereocenters. The van der Waals surface area contributed by atoms with Crippen molar-refractivity contribution in [1.82, 2.24) is 20.2 Å². The molecule has 8 heteroatoms. The summed E-state index contributed by atoms with van der Waals surface area (Å²) in [6.07, 6.45) is 0.965. The number of benzene rings is 2. The molecule has 2 amide bonds. The van der Waals surface area contributed by atoms with Crippen molar-refractivity contribution in [3.8, 4) is 11.4 Å². The van der Waals surface area contributed by atoms with E-state index in [4.69, 9.17) is 0 Å². The Morgan fingerprint density at radius 1 is 0.963 bits per heavy atom. The number of carbonyl (C=O) groups excluding carboxylic acids is 2. The van der Waals surface area contributed by atoms with Gasteiger partial charge in [-0.25, -0.2) is 0 Å². The molecule has 138 valence electrons. The van der Waals surface area contributed by atoms with Crippen LogP contribution < -0.4 is 10.6 Å². The lowest BCUT2D eigenvalue weighted by Gasteiger charge is -2.06. The Labute approximate surface area is 156 Å². The van der Waals surface area contributed by atoms with Crippen molar-refractivity contribution in [2.24, 2.45) is 0 Å². The zero-order chi connectivity index (χ0) is 19.2. The van der Waals surface area contributed by atoms with Crippen molar-refractivity contribution in [2.45, 2.75) is 26.8 Å². The predicted molar refractivity (Wildman–Crippen MR) is 102 cm³/mol. The van der Waals surface area contributed by atoms with Crippen LogP contribution in [0, 0.1) is 0 Å². The number of aromatic nitrogens is 4. The summed E-state index contributed by atoms with van der Waals surface area (Å²) in [5.74, 6) is 0.0573. The highest BCUT2D eigenvalue weighted by Gasteiger charge is 2.10. The van der Waals surface area contributed by atoms with Gasteiger partial charge in [0.15, 0.2) is 0 Å². The second kappa shape index (κ2) is 8.22. The second-order valence-corrected chi connectivity index (χ2v) is 6.00. The fourth-order valence-electron chi connectivity index (χ4n) is 2.48. The topological polar surface area (TPSA) is 102 Å². The number of nitrogens with zero attached hydrogens (tertiary/aromatic N) is 4. The third kappa shape index (κ3) is 4.97. The van der Waals surface area contributed by atoms with Crippen LogP contribution in [-0.4, -0.2) is 32.0 Å². The lowest BCUT2D eigenvalue weighted by atomic mass is 10.1. The first-order valence-electron chi connectivity index (χ1n) is 8.58. The third-order valence-electron chi connectivity index (χ3n) is 3.85. The Morgan fingerprint density at radius 3 is 2.19 bits per heavy atom. The number of hydrogen-bond acceptors (Lipinski definition) is 5. The monoisotopic (exact) mass is 364 g/mol. The minimum absolute atomic E-state index is 0.0481. The van der Waals surface area contributed by atoms with E-state index in [-0.39, 0.29) is 18.4 Å². The highest BCUT2D eigenvalue weighted by molar-refractivity contribution is 5.92. The maximum atomic E-state index is 12.2. The molecule has 0 saturated carbocycles. The summed E-state index contributed by atoms with van der Waals surface area (Å²) >= 11 is 0. The van der Waals surface area contributed by atoms with E-state index in [0.29, 0.717) is 17.2 Å². The molecule has 0 unspecified atom stereocenters. The van der Waals surface area contributed by atoms with Crippen LogP contribution in [0.1, 0.15) is 19.4 Å². The summed E-state index contributed by atoms with van der Waals surface area (Å²) in [5.41, 5.74) is 3.37. The van der Waals surface area contributed by atoms with E-state index in [1.807, 2.05) is 24.3 Å². The smallest absolute Gasteiger partial charge is 0.248 e. The summed E-state index contributed by atoms with van der Waals surface area (Å²) in [6.45, 7) is 3.48. The zero-order valence-corrected chi connectivity index (χ0v) is 15.1. The summed E-state index contributed by atoms with van der Waals surface area (Å²) in [7, 11) is 0. The summed E-state index contributed by atoms with van der Waals surface area (Å²) in [5, 5.41) is 17.6. The van der Waals surface area contributed by atoms with Crippen LogP contribution in [0.5, 0.6) is 0 Å². The first kappa shape index (κ1) is 18.2. The van der Waals surface area contributed by atoms with Crippen LogP contribution in [-0.2, 0) is 22.6 Å². The molecule has 3 rings (SSSR count). The Hall–Kier alpha value is -3.55. The summed E-state index contributed by atoms with van der Waals surface area (Å²) in [4.78, 5) is 24.4. The van der Waals surface area contributed by atoms with Gasteiger partial charge in [-0.05, 0) is 41.5 Å². The average Bonchev–Trinajstić information content (AvgIpc) is 3.11. The molecule has 0 spiro atoms. The number of aryl methyl sites for hydroxylation is 1. The number of hydrogen-bond donors (Lipinski definition) is 2. The van der Waals surface area contributed by atoms with Crippen molar-refractivity contribution < 1.29 is 9.59 Å². The van der Waals surface area contributed by atoms with Gasteiger partial charge >= 0.3 is 0 Å². The van der Waals surface area contributed by atoms with Gasteiger partial charge in [0.25, 0.3) is 0 Å². The van der Waals surface area contributed by atoms with Gasteiger partial charge in [-0.3, -0.25) is 9.59 Å². The minimum atomic E-state index is -0.271. The molecule has 0 radical (unpaired) electrons. The lowest BCUT2D eigenvalue weighted by molar-refractivity contribution is -0.117. The summed E-state index contributed by atoms with van der Waals surface area (Å²) < 4.78 is 0. The average molecular weight is 364 g/mol. The molecule has 0 aliphatic carbocycles. The van der Waals surface area contributed by atoms with Crippen LogP contribution in [0.3, 0.4) is 0 Å². The van der Waals surface area contributed by atoms with Crippen molar-refractivity contribution in [3.63, 3.8) is 0 Å². The third-order valence-corrected chi connectivity index (χ3v) is 3.85. The molecule has 1 aromatic heterocycles. The molecule has 2 N–H and O–H groups in total. The molecule has 0 aliphatic heterocycles. The van der Waals surface area contributed by atoms with Gasteiger partial charge in [0.1, 0.15) is 6.54 Å². The van der Waals surface area contributed by atoms with E-state index in [9.17, 15) is 9.59 Å². The highest BCUT2D eigenvalue weighted by Crippen LogP contribution is 2.15. The van der Waals surface area contributed by atoms with E-state index in [1.165, 1.54) is 17.3 Å². The standard InChI is InChI=1S/C19H20N6O2/c1-3-14-4-6-15(7-5-14)19-22-24-25(23-19)12-18(27)21-17-10-8-16(9-11-17)20-13(2)26/h4-11H,3,12H2,1-2H3,(H,20,26)(H,21,27). The van der Waals surface area contributed by atoms with Crippen LogP contribution in [0.15, 0.2) is 48.5 Å². The van der Waals surface area contributed by atoms with Crippen molar-refractivity contribution in [1.29, 1.82) is 0 Å². The molecule has 3 aromatic rings. The minimum Gasteiger partial charge on any atom is -0.326 e. The van der Waals surface area contributed by atoms with Gasteiger partial charge in [-0.15, -0.1) is 10.2 Å². The van der Waals surface area contributed by atoms with E-state index in [1.54, 1.807) is 24.3 Å². The van der Waals surface area contributed by atoms with Gasteiger partial charge in [-0.2, -0.15) is 4.80 Å². The van der Waals surface area contributed by atoms with Crippen LogP contribution >= 0.6 is 0 Å². The van der Waals surface area contributed by atoms with Gasteiger partial charge in [0, 0.05) is 23.9 Å². The first-order chi connectivity index (χ1) is 13.0. The highest BCUT2D eigenvalue weighted by atomic mass is 16.2. The van der Waals surface area contributed by atoms with E-state index < -0.39 is 0 Å². The van der Waals surface area contributed by atoms with Gasteiger partial charge < -0.3 is 10.6 Å². The number of anilines is 2. The first-order valence-corrected chi connectivity index (χ1v) is 8.58.